The molecule has 1 unspecified atom stereocenters. The van der Waals surface area contributed by atoms with E-state index in [2.05, 4.69) is 39.6 Å². The molecule has 0 bridgehead atoms. The predicted molar refractivity (Wildman–Crippen MR) is 86.7 cm³/mol. The van der Waals surface area contributed by atoms with Crippen molar-refractivity contribution in [3.05, 3.63) is 11.7 Å². The SMILES string of the molecule is CCNC(=NCc1noc(C)n1)NCCC(OCC)C(C)C. The summed E-state index contributed by atoms with van der Waals surface area (Å²) in [5.41, 5.74) is 0. The van der Waals surface area contributed by atoms with E-state index in [1.807, 2.05) is 13.8 Å². The average Bonchev–Trinajstić information content (AvgIpc) is 2.89. The molecule has 22 heavy (non-hydrogen) atoms. The molecular weight excluding hydrogens is 282 g/mol. The van der Waals surface area contributed by atoms with Gasteiger partial charge in [-0.25, -0.2) is 4.99 Å². The van der Waals surface area contributed by atoms with Gasteiger partial charge in [0.15, 0.2) is 11.8 Å². The van der Waals surface area contributed by atoms with Crippen molar-refractivity contribution < 1.29 is 9.26 Å². The average molecular weight is 311 g/mol. The highest BCUT2D eigenvalue weighted by atomic mass is 16.5. The van der Waals surface area contributed by atoms with Gasteiger partial charge in [-0.05, 0) is 26.2 Å². The Labute approximate surface area is 132 Å². The molecule has 0 aliphatic carbocycles. The second-order valence-corrected chi connectivity index (χ2v) is 5.38. The summed E-state index contributed by atoms with van der Waals surface area (Å²) in [6.45, 7) is 12.9. The minimum atomic E-state index is 0.264. The first-order valence-corrected chi connectivity index (χ1v) is 7.99. The number of hydrogen-bond acceptors (Lipinski definition) is 5. The van der Waals surface area contributed by atoms with Gasteiger partial charge in [-0.3, -0.25) is 0 Å². The van der Waals surface area contributed by atoms with Crippen molar-refractivity contribution in [3.8, 4) is 0 Å². The standard InChI is InChI=1S/C15H29N5O2/c1-6-16-15(18-10-14-19-12(5)22-20-14)17-9-8-13(11(3)4)21-7-2/h11,13H,6-10H2,1-5H3,(H2,16,17,18). The Morgan fingerprint density at radius 2 is 2.09 bits per heavy atom. The molecule has 1 rings (SSSR count). The lowest BCUT2D eigenvalue weighted by atomic mass is 10.0. The highest BCUT2D eigenvalue weighted by molar-refractivity contribution is 5.79. The van der Waals surface area contributed by atoms with E-state index in [1.54, 1.807) is 6.92 Å². The summed E-state index contributed by atoms with van der Waals surface area (Å²) in [6.07, 6.45) is 1.21. The van der Waals surface area contributed by atoms with Crippen molar-refractivity contribution in [1.82, 2.24) is 20.8 Å². The fraction of sp³-hybridized carbons (Fsp3) is 0.800. The van der Waals surface area contributed by atoms with Crippen LogP contribution in [-0.4, -0.2) is 41.9 Å². The largest absolute Gasteiger partial charge is 0.378 e. The lowest BCUT2D eigenvalue weighted by Crippen LogP contribution is -2.39. The van der Waals surface area contributed by atoms with Crippen LogP contribution in [0.2, 0.25) is 0 Å². The molecule has 0 aliphatic heterocycles. The molecule has 7 heteroatoms. The van der Waals surface area contributed by atoms with Crippen molar-refractivity contribution in [1.29, 1.82) is 0 Å². The molecule has 0 saturated carbocycles. The first-order chi connectivity index (χ1) is 10.6. The van der Waals surface area contributed by atoms with Gasteiger partial charge in [0, 0.05) is 26.6 Å². The second-order valence-electron chi connectivity index (χ2n) is 5.38. The maximum atomic E-state index is 5.74. The normalized spacial score (nSPS) is 13.5. The molecule has 1 aromatic rings. The van der Waals surface area contributed by atoms with E-state index in [4.69, 9.17) is 9.26 Å². The fourth-order valence-corrected chi connectivity index (χ4v) is 2.05. The highest BCUT2D eigenvalue weighted by Gasteiger charge is 2.13. The summed E-state index contributed by atoms with van der Waals surface area (Å²) < 4.78 is 10.7. The Bertz CT molecular complexity index is 445. The van der Waals surface area contributed by atoms with Crippen molar-refractivity contribution in [2.24, 2.45) is 10.9 Å². The van der Waals surface area contributed by atoms with Crippen molar-refractivity contribution in [2.75, 3.05) is 19.7 Å². The van der Waals surface area contributed by atoms with Crippen LogP contribution in [0.3, 0.4) is 0 Å². The van der Waals surface area contributed by atoms with Gasteiger partial charge in [-0.1, -0.05) is 19.0 Å². The predicted octanol–water partition coefficient (Wildman–Crippen LogP) is 1.88. The summed E-state index contributed by atoms with van der Waals surface area (Å²) in [7, 11) is 0. The number of aryl methyl sites for hydroxylation is 1. The molecule has 1 atom stereocenters. The number of nitrogens with zero attached hydrogens (tertiary/aromatic N) is 3. The van der Waals surface area contributed by atoms with Crippen LogP contribution in [0.5, 0.6) is 0 Å². The molecule has 0 aliphatic rings. The van der Waals surface area contributed by atoms with Gasteiger partial charge < -0.3 is 19.9 Å². The number of hydrogen-bond donors (Lipinski definition) is 2. The molecular formula is C15H29N5O2. The maximum absolute atomic E-state index is 5.74. The molecule has 0 fully saturated rings. The number of ether oxygens (including phenoxy) is 1. The summed E-state index contributed by atoms with van der Waals surface area (Å²) >= 11 is 0. The Morgan fingerprint density at radius 3 is 2.64 bits per heavy atom. The summed E-state index contributed by atoms with van der Waals surface area (Å²) in [5, 5.41) is 10.4. The van der Waals surface area contributed by atoms with Crippen molar-refractivity contribution in [2.45, 2.75) is 53.7 Å². The third kappa shape index (κ3) is 6.89. The molecule has 0 aromatic carbocycles. The number of guanidine groups is 1. The second kappa shape index (κ2) is 10.2. The molecule has 0 amide bonds. The van der Waals surface area contributed by atoms with E-state index in [1.165, 1.54) is 0 Å². The van der Waals surface area contributed by atoms with E-state index < -0.39 is 0 Å². The van der Waals surface area contributed by atoms with Gasteiger partial charge in [-0.2, -0.15) is 4.98 Å². The van der Waals surface area contributed by atoms with Gasteiger partial charge in [0.05, 0.1) is 6.10 Å². The molecule has 126 valence electrons. The number of aliphatic imine (C=N–C) groups is 1. The van der Waals surface area contributed by atoms with Gasteiger partial charge in [0.2, 0.25) is 5.89 Å². The van der Waals surface area contributed by atoms with Crippen LogP contribution in [0.15, 0.2) is 9.52 Å². The number of aromatic nitrogens is 2. The van der Waals surface area contributed by atoms with Crippen molar-refractivity contribution in [3.63, 3.8) is 0 Å². The van der Waals surface area contributed by atoms with E-state index >= 15 is 0 Å². The van der Waals surface area contributed by atoms with Gasteiger partial charge in [0.25, 0.3) is 0 Å². The van der Waals surface area contributed by atoms with Crippen LogP contribution in [0, 0.1) is 12.8 Å². The Hall–Kier alpha value is -1.63. The van der Waals surface area contributed by atoms with Crippen LogP contribution >= 0.6 is 0 Å². The quantitative estimate of drug-likeness (QED) is 0.535. The topological polar surface area (TPSA) is 84.6 Å². The Balaban J connectivity index is 2.45. The zero-order valence-corrected chi connectivity index (χ0v) is 14.3. The van der Waals surface area contributed by atoms with Crippen LogP contribution in [0.25, 0.3) is 0 Å². The first-order valence-electron chi connectivity index (χ1n) is 7.99. The lowest BCUT2D eigenvalue weighted by molar-refractivity contribution is 0.0258. The third-order valence-corrected chi connectivity index (χ3v) is 3.14. The fourth-order valence-electron chi connectivity index (χ4n) is 2.05. The molecule has 1 aromatic heterocycles. The van der Waals surface area contributed by atoms with Crippen LogP contribution in [-0.2, 0) is 11.3 Å². The van der Waals surface area contributed by atoms with E-state index in [9.17, 15) is 0 Å². The van der Waals surface area contributed by atoms with Crippen molar-refractivity contribution >= 4 is 5.96 Å². The highest BCUT2D eigenvalue weighted by Crippen LogP contribution is 2.09. The maximum Gasteiger partial charge on any atom is 0.223 e. The summed E-state index contributed by atoms with van der Waals surface area (Å²) in [6, 6.07) is 0. The molecule has 2 N–H and O–H groups in total. The minimum absolute atomic E-state index is 0.264. The number of nitrogens with one attached hydrogen (secondary N) is 2. The number of rotatable bonds is 9. The zero-order valence-electron chi connectivity index (χ0n) is 14.3. The minimum Gasteiger partial charge on any atom is -0.378 e. The van der Waals surface area contributed by atoms with Gasteiger partial charge >= 0.3 is 0 Å². The zero-order chi connectivity index (χ0) is 16.4. The molecule has 0 radical (unpaired) electrons. The first kappa shape index (κ1) is 18.4. The Kier molecular flexibility index (Phi) is 8.50. The summed E-state index contributed by atoms with van der Waals surface area (Å²) in [4.78, 5) is 8.59. The van der Waals surface area contributed by atoms with E-state index in [0.717, 1.165) is 32.1 Å². The van der Waals surface area contributed by atoms with Crippen LogP contribution in [0.1, 0.15) is 45.8 Å². The van der Waals surface area contributed by atoms with Crippen LogP contribution in [0.4, 0.5) is 0 Å². The Morgan fingerprint density at radius 1 is 1.32 bits per heavy atom. The monoisotopic (exact) mass is 311 g/mol. The molecule has 1 heterocycles. The molecule has 7 nitrogen and oxygen atoms in total. The summed E-state index contributed by atoms with van der Waals surface area (Å²) in [5.74, 6) is 2.40. The van der Waals surface area contributed by atoms with Gasteiger partial charge in [0.1, 0.15) is 6.54 Å². The van der Waals surface area contributed by atoms with E-state index in [-0.39, 0.29) is 6.10 Å². The third-order valence-electron chi connectivity index (χ3n) is 3.14. The smallest absolute Gasteiger partial charge is 0.223 e. The molecule has 0 spiro atoms. The van der Waals surface area contributed by atoms with E-state index in [0.29, 0.717) is 24.2 Å². The van der Waals surface area contributed by atoms with Gasteiger partial charge in [-0.15, -0.1) is 0 Å². The van der Waals surface area contributed by atoms with Crippen LogP contribution < -0.4 is 10.6 Å². The molecule has 0 saturated heterocycles. The lowest BCUT2D eigenvalue weighted by Gasteiger charge is -2.21.